The zero-order valence-corrected chi connectivity index (χ0v) is 23.9. The molecule has 0 saturated carbocycles. The van der Waals surface area contributed by atoms with Gasteiger partial charge in [0, 0.05) is 18.9 Å². The van der Waals surface area contributed by atoms with Crippen LogP contribution < -0.4 is 0 Å². The molecule has 8 atom stereocenters. The van der Waals surface area contributed by atoms with Gasteiger partial charge in [0.1, 0.15) is 47.2 Å². The van der Waals surface area contributed by atoms with E-state index < -0.39 is 71.2 Å². The number of benzene rings is 1. The quantitative estimate of drug-likeness (QED) is 0.239. The molecule has 17 heteroatoms. The van der Waals surface area contributed by atoms with Crippen molar-refractivity contribution >= 4 is 11.8 Å². The van der Waals surface area contributed by atoms with Crippen molar-refractivity contribution in [3.63, 3.8) is 0 Å². The van der Waals surface area contributed by atoms with Gasteiger partial charge in [-0.15, -0.1) is 22.0 Å². The van der Waals surface area contributed by atoms with Gasteiger partial charge >= 0.3 is 0 Å². The highest BCUT2D eigenvalue weighted by Crippen LogP contribution is 2.41. The van der Waals surface area contributed by atoms with E-state index in [0.717, 1.165) is 12.1 Å². The van der Waals surface area contributed by atoms with Crippen molar-refractivity contribution in [3.05, 3.63) is 66.4 Å². The van der Waals surface area contributed by atoms with Crippen LogP contribution in [0.3, 0.4) is 0 Å². The largest absolute Gasteiger partial charge is 0.394 e. The third-order valence-electron chi connectivity index (χ3n) is 7.62. The maximum absolute atomic E-state index is 13.9. The molecule has 3 aromatic heterocycles. The lowest BCUT2D eigenvalue weighted by Gasteiger charge is -2.45. The molecule has 44 heavy (non-hydrogen) atoms. The third-order valence-corrected chi connectivity index (χ3v) is 9.04. The predicted octanol–water partition coefficient (Wildman–Crippen LogP) is 1.38. The summed E-state index contributed by atoms with van der Waals surface area (Å²) in [7, 11) is 1.40. The van der Waals surface area contributed by atoms with E-state index in [9.17, 15) is 28.5 Å². The number of methoxy groups -OCH3 is 1. The summed E-state index contributed by atoms with van der Waals surface area (Å²) < 4.78 is 61.6. The monoisotopic (exact) mass is 635 g/mol. The fourth-order valence-corrected chi connectivity index (χ4v) is 6.82. The van der Waals surface area contributed by atoms with Crippen LogP contribution in [0.2, 0.25) is 0 Å². The van der Waals surface area contributed by atoms with E-state index in [2.05, 4.69) is 25.6 Å². The van der Waals surface area contributed by atoms with Crippen LogP contribution in [0.1, 0.15) is 12.1 Å². The van der Waals surface area contributed by atoms with Crippen molar-refractivity contribution in [2.75, 3.05) is 26.9 Å². The van der Waals surface area contributed by atoms with Crippen molar-refractivity contribution in [1.29, 1.82) is 0 Å². The molecule has 0 aliphatic carbocycles. The lowest BCUT2D eigenvalue weighted by Crippen LogP contribution is -2.56. The van der Waals surface area contributed by atoms with Gasteiger partial charge in [-0.25, -0.2) is 22.5 Å². The minimum Gasteiger partial charge on any atom is -0.394 e. The number of ether oxygens (including phenoxy) is 3. The van der Waals surface area contributed by atoms with Crippen molar-refractivity contribution in [2.24, 2.45) is 0 Å². The van der Waals surface area contributed by atoms with E-state index in [0.29, 0.717) is 11.4 Å². The van der Waals surface area contributed by atoms with Gasteiger partial charge in [0.25, 0.3) is 0 Å². The molecule has 3 N–H and O–H groups in total. The predicted molar refractivity (Wildman–Crippen MR) is 147 cm³/mol. The van der Waals surface area contributed by atoms with Crippen LogP contribution in [0.5, 0.6) is 0 Å². The summed E-state index contributed by atoms with van der Waals surface area (Å²) in [5.41, 5.74) is 0.253. The molecular weight excluding hydrogens is 607 g/mol. The van der Waals surface area contributed by atoms with Gasteiger partial charge in [-0.3, -0.25) is 4.98 Å². The first kappa shape index (κ1) is 30.6. The number of rotatable bonds is 8. The smallest absolute Gasteiger partial charge is 0.194 e. The summed E-state index contributed by atoms with van der Waals surface area (Å²) in [5.74, 6) is -4.39. The Kier molecular flexibility index (Phi) is 8.95. The summed E-state index contributed by atoms with van der Waals surface area (Å²) in [4.78, 5) is 4.27. The van der Waals surface area contributed by atoms with Crippen LogP contribution in [-0.2, 0) is 14.2 Å². The van der Waals surface area contributed by atoms with Crippen molar-refractivity contribution in [3.8, 4) is 22.6 Å². The van der Waals surface area contributed by atoms with Gasteiger partial charge in [0.05, 0.1) is 49.3 Å². The van der Waals surface area contributed by atoms with Gasteiger partial charge < -0.3 is 29.5 Å². The van der Waals surface area contributed by atoms with Crippen LogP contribution in [-0.4, -0.2) is 112 Å². The Morgan fingerprint density at radius 1 is 0.977 bits per heavy atom. The number of nitrogens with zero attached hydrogens (tertiary/aromatic N) is 7. The average Bonchev–Trinajstić information content (AvgIpc) is 3.72. The second-order valence-electron chi connectivity index (χ2n) is 10.3. The molecule has 4 aromatic rings. The molecule has 2 saturated heterocycles. The van der Waals surface area contributed by atoms with E-state index in [1.807, 2.05) is 6.07 Å². The minimum atomic E-state index is -1.61. The number of halogens is 3. The maximum Gasteiger partial charge on any atom is 0.194 e. The van der Waals surface area contributed by atoms with Gasteiger partial charge in [-0.1, -0.05) is 16.5 Å². The van der Waals surface area contributed by atoms with Gasteiger partial charge in [0.2, 0.25) is 0 Å². The highest BCUT2D eigenvalue weighted by Gasteiger charge is 2.49. The normalized spacial score (nSPS) is 29.2. The van der Waals surface area contributed by atoms with E-state index in [1.54, 1.807) is 24.5 Å². The molecule has 0 spiro atoms. The highest BCUT2D eigenvalue weighted by atomic mass is 32.2. The molecule has 0 unspecified atom stereocenters. The molecule has 0 amide bonds. The summed E-state index contributed by atoms with van der Waals surface area (Å²) in [6, 6.07) is 5.42. The van der Waals surface area contributed by atoms with Gasteiger partial charge in [-0.2, -0.15) is 0 Å². The fourth-order valence-electron chi connectivity index (χ4n) is 5.33. The Morgan fingerprint density at radius 2 is 1.70 bits per heavy atom. The van der Waals surface area contributed by atoms with Crippen molar-refractivity contribution < 1.29 is 42.7 Å². The van der Waals surface area contributed by atoms with E-state index >= 15 is 0 Å². The average molecular weight is 636 g/mol. The van der Waals surface area contributed by atoms with Crippen LogP contribution in [0.15, 0.2) is 48.9 Å². The molecule has 234 valence electrons. The molecule has 5 heterocycles. The van der Waals surface area contributed by atoms with Crippen LogP contribution in [0, 0.1) is 17.5 Å². The molecular formula is C27H28F3N7O6S. The Morgan fingerprint density at radius 3 is 2.41 bits per heavy atom. The molecule has 2 fully saturated rings. The lowest BCUT2D eigenvalue weighted by atomic mass is 9.97. The second-order valence-corrected chi connectivity index (χ2v) is 11.7. The number of aliphatic hydroxyl groups excluding tert-OH is 3. The topological polar surface area (TPSA) is 163 Å². The number of aliphatic hydroxyl groups is 3. The van der Waals surface area contributed by atoms with Crippen LogP contribution >= 0.6 is 11.8 Å². The SMILES string of the molecule is CO[C@@H]1[C@@H](n2cc(-c3cc(F)c(F)c(F)c3)nn2)[C@@H](O)[C@@H](CO)O[C@H]1S[C@@H]1COC[C@H](n2cc(-c3ccccn3)nn2)[C@H]1O. The standard InChI is InChI=1S/C27H28F3N7O6S/c1-41-26-23(37-8-17(32-35-37)13-6-14(28)22(30)15(29)7-13)25(40)20(10-38)43-27(26)44-21-12-42-11-19(24(21)39)36-9-18(33-34-36)16-4-2-3-5-31-16/h2-9,19-21,23-27,38-40H,10-12H2,1H3/t19-,20+,21+,23-,24+,25-,26+,27-/m0/s1. The van der Waals surface area contributed by atoms with E-state index in [1.165, 1.54) is 34.4 Å². The van der Waals surface area contributed by atoms with E-state index in [-0.39, 0.29) is 24.5 Å². The summed E-state index contributed by atoms with van der Waals surface area (Å²) in [5, 5.41) is 48.3. The Labute approximate surface area is 252 Å². The van der Waals surface area contributed by atoms with E-state index in [4.69, 9.17) is 14.2 Å². The zero-order chi connectivity index (χ0) is 31.0. The Bertz CT molecular complexity index is 1560. The van der Waals surface area contributed by atoms with Crippen molar-refractivity contribution in [2.45, 2.75) is 47.2 Å². The number of thioether (sulfide) groups is 1. The second kappa shape index (κ2) is 12.9. The maximum atomic E-state index is 13.9. The lowest BCUT2D eigenvalue weighted by molar-refractivity contribution is -0.186. The summed E-state index contributed by atoms with van der Waals surface area (Å²) in [6.07, 6.45) is 0.367. The summed E-state index contributed by atoms with van der Waals surface area (Å²) in [6.45, 7) is -0.218. The Hall–Kier alpha value is -3.45. The molecule has 13 nitrogen and oxygen atoms in total. The number of aromatic nitrogens is 7. The fraction of sp³-hybridized carbons (Fsp3) is 0.444. The third kappa shape index (κ3) is 5.83. The van der Waals surface area contributed by atoms with Crippen LogP contribution in [0.4, 0.5) is 13.2 Å². The van der Waals surface area contributed by atoms with Crippen LogP contribution in [0.25, 0.3) is 22.6 Å². The number of hydrogen-bond donors (Lipinski definition) is 3. The van der Waals surface area contributed by atoms with Gasteiger partial charge in [-0.05, 0) is 24.3 Å². The highest BCUT2D eigenvalue weighted by molar-refractivity contribution is 8.00. The molecule has 2 aliphatic heterocycles. The molecule has 2 aliphatic rings. The first-order chi connectivity index (χ1) is 21.3. The number of pyridine rings is 1. The molecule has 0 radical (unpaired) electrons. The summed E-state index contributed by atoms with van der Waals surface area (Å²) >= 11 is 1.19. The molecule has 1 aromatic carbocycles. The molecule has 0 bridgehead atoms. The molecule has 6 rings (SSSR count). The first-order valence-electron chi connectivity index (χ1n) is 13.6. The first-order valence-corrected chi connectivity index (χ1v) is 14.5. The van der Waals surface area contributed by atoms with Gasteiger partial charge in [0.15, 0.2) is 17.5 Å². The van der Waals surface area contributed by atoms with Crippen molar-refractivity contribution in [1.82, 2.24) is 35.0 Å². The number of hydrogen-bond acceptors (Lipinski definition) is 12. The Balaban J connectivity index is 1.23. The zero-order valence-electron chi connectivity index (χ0n) is 23.1. The minimum absolute atomic E-state index is 0.0120.